The van der Waals surface area contributed by atoms with Gasteiger partial charge in [0, 0.05) is 0 Å². The summed E-state index contributed by atoms with van der Waals surface area (Å²) in [5.74, 6) is 1.81. The van der Waals surface area contributed by atoms with Crippen LogP contribution in [0.15, 0.2) is 36.4 Å². The van der Waals surface area contributed by atoms with Gasteiger partial charge in [-0.25, -0.2) is 0 Å². The molecule has 0 radical (unpaired) electrons. The van der Waals surface area contributed by atoms with Crippen LogP contribution in [0.5, 0.6) is 17.2 Å². The molecule has 0 aromatic heterocycles. The number of phenolic OH excluding ortho intramolecular Hbond substituents is 1. The molecule has 0 aliphatic heterocycles. The molecule has 0 fully saturated rings. The molecule has 0 heterocycles. The van der Waals surface area contributed by atoms with E-state index in [1.807, 2.05) is 30.3 Å². The van der Waals surface area contributed by atoms with Crippen molar-refractivity contribution in [3.05, 3.63) is 51.1 Å². The van der Waals surface area contributed by atoms with Crippen molar-refractivity contribution < 1.29 is 14.6 Å². The van der Waals surface area contributed by atoms with Gasteiger partial charge in [-0.2, -0.15) is 5.26 Å². The Hall–Kier alpha value is -1.98. The standard InChI is InChI=1S/C24H31IN2O3/c1-17(2)24(16-26,19-7-9-22(29-3)23(15-19)30-4)11-5-12-27-13-10-18-6-8-21(28)20(25)14-18/h6-9,14-15,17,27-28H,5,10-13H2,1-4H3. The van der Waals surface area contributed by atoms with Crippen molar-refractivity contribution in [1.29, 1.82) is 5.26 Å². The van der Waals surface area contributed by atoms with Crippen LogP contribution in [-0.4, -0.2) is 32.4 Å². The van der Waals surface area contributed by atoms with Crippen molar-refractivity contribution in [3.8, 4) is 23.3 Å². The van der Waals surface area contributed by atoms with E-state index in [1.165, 1.54) is 5.56 Å². The first-order valence-corrected chi connectivity index (χ1v) is 11.3. The van der Waals surface area contributed by atoms with Gasteiger partial charge in [-0.1, -0.05) is 26.0 Å². The average molecular weight is 522 g/mol. The number of nitrogens with zero attached hydrogens (tertiary/aromatic N) is 1. The molecule has 0 aliphatic rings. The smallest absolute Gasteiger partial charge is 0.161 e. The fourth-order valence-corrected chi connectivity index (χ4v) is 4.27. The third kappa shape index (κ3) is 5.79. The van der Waals surface area contributed by atoms with Crippen LogP contribution in [0.1, 0.15) is 37.8 Å². The normalized spacial score (nSPS) is 13.0. The van der Waals surface area contributed by atoms with Crippen LogP contribution < -0.4 is 14.8 Å². The van der Waals surface area contributed by atoms with Crippen LogP contribution in [-0.2, 0) is 11.8 Å². The monoisotopic (exact) mass is 522 g/mol. The summed E-state index contributed by atoms with van der Waals surface area (Å²) in [7, 11) is 3.23. The van der Waals surface area contributed by atoms with Crippen molar-refractivity contribution in [2.24, 2.45) is 5.92 Å². The molecule has 2 aromatic carbocycles. The molecule has 162 valence electrons. The first-order valence-electron chi connectivity index (χ1n) is 10.2. The number of aromatic hydroxyl groups is 1. The molecule has 5 nitrogen and oxygen atoms in total. The molecule has 0 spiro atoms. The number of hydrogen-bond donors (Lipinski definition) is 2. The van der Waals surface area contributed by atoms with Crippen molar-refractivity contribution in [2.45, 2.75) is 38.5 Å². The number of rotatable bonds is 11. The van der Waals surface area contributed by atoms with Crippen molar-refractivity contribution in [2.75, 3.05) is 27.3 Å². The van der Waals surface area contributed by atoms with Gasteiger partial charge in [0.2, 0.25) is 0 Å². The highest BCUT2D eigenvalue weighted by Gasteiger charge is 2.36. The van der Waals surface area contributed by atoms with E-state index in [1.54, 1.807) is 20.3 Å². The molecule has 0 saturated carbocycles. The second-order valence-electron chi connectivity index (χ2n) is 7.70. The van der Waals surface area contributed by atoms with E-state index in [9.17, 15) is 10.4 Å². The Balaban J connectivity index is 1.97. The number of benzene rings is 2. The number of hydrogen-bond acceptors (Lipinski definition) is 5. The van der Waals surface area contributed by atoms with Crippen LogP contribution >= 0.6 is 22.6 Å². The molecule has 2 aromatic rings. The Bertz CT molecular complexity index is 879. The summed E-state index contributed by atoms with van der Waals surface area (Å²) in [4.78, 5) is 0. The van der Waals surface area contributed by atoms with E-state index in [-0.39, 0.29) is 5.92 Å². The predicted octanol–water partition coefficient (Wildman–Crippen LogP) is 5.04. The molecule has 1 atom stereocenters. The molecule has 0 amide bonds. The number of ether oxygens (including phenoxy) is 2. The highest BCUT2D eigenvalue weighted by molar-refractivity contribution is 14.1. The predicted molar refractivity (Wildman–Crippen MR) is 128 cm³/mol. The number of halogens is 1. The van der Waals surface area contributed by atoms with Crippen molar-refractivity contribution in [3.63, 3.8) is 0 Å². The van der Waals surface area contributed by atoms with E-state index in [0.717, 1.165) is 41.5 Å². The van der Waals surface area contributed by atoms with Crippen molar-refractivity contribution >= 4 is 22.6 Å². The van der Waals surface area contributed by atoms with Gasteiger partial charge in [0.05, 0.1) is 29.3 Å². The highest BCUT2D eigenvalue weighted by atomic mass is 127. The van der Waals surface area contributed by atoms with E-state index >= 15 is 0 Å². The SMILES string of the molecule is COc1ccc(C(C#N)(CCCNCCc2ccc(O)c(I)c2)C(C)C)cc1OC. The zero-order valence-corrected chi connectivity index (χ0v) is 20.3. The van der Waals surface area contributed by atoms with Gasteiger partial charge in [-0.05, 0) is 96.3 Å². The van der Waals surface area contributed by atoms with Gasteiger partial charge in [0.1, 0.15) is 5.75 Å². The molecule has 0 aliphatic carbocycles. The zero-order chi connectivity index (χ0) is 22.1. The molecule has 2 N–H and O–H groups in total. The lowest BCUT2D eigenvalue weighted by Gasteiger charge is -2.32. The Morgan fingerprint density at radius 2 is 1.83 bits per heavy atom. The van der Waals surface area contributed by atoms with E-state index in [4.69, 9.17) is 9.47 Å². The lowest BCUT2D eigenvalue weighted by Crippen LogP contribution is -2.32. The van der Waals surface area contributed by atoms with Gasteiger partial charge in [-0.15, -0.1) is 0 Å². The third-order valence-corrected chi connectivity index (χ3v) is 6.48. The maximum atomic E-state index is 10.1. The summed E-state index contributed by atoms with van der Waals surface area (Å²) < 4.78 is 11.7. The number of phenols is 1. The van der Waals surface area contributed by atoms with Gasteiger partial charge in [0.25, 0.3) is 0 Å². The highest BCUT2D eigenvalue weighted by Crippen LogP contribution is 2.40. The zero-order valence-electron chi connectivity index (χ0n) is 18.2. The minimum atomic E-state index is -0.575. The first kappa shape index (κ1) is 24.3. The quantitative estimate of drug-likeness (QED) is 0.320. The van der Waals surface area contributed by atoms with Crippen molar-refractivity contribution in [1.82, 2.24) is 5.32 Å². The minimum Gasteiger partial charge on any atom is -0.507 e. The Labute approximate surface area is 193 Å². The maximum absolute atomic E-state index is 10.1. The lowest BCUT2D eigenvalue weighted by molar-refractivity contribution is 0.341. The van der Waals surface area contributed by atoms with Gasteiger partial charge < -0.3 is 19.9 Å². The van der Waals surface area contributed by atoms with Crippen LogP contribution in [0.4, 0.5) is 0 Å². The fourth-order valence-electron chi connectivity index (χ4n) is 3.69. The molecule has 1 unspecified atom stereocenters. The number of nitriles is 1. The maximum Gasteiger partial charge on any atom is 0.161 e. The molecular formula is C24H31IN2O3. The number of methoxy groups -OCH3 is 2. The Kier molecular flexibility index (Phi) is 9.25. The van der Waals surface area contributed by atoms with Crippen LogP contribution in [0.3, 0.4) is 0 Å². The summed E-state index contributed by atoms with van der Waals surface area (Å²) in [6.45, 7) is 5.90. The summed E-state index contributed by atoms with van der Waals surface area (Å²) in [5, 5.41) is 23.2. The van der Waals surface area contributed by atoms with Crippen LogP contribution in [0.2, 0.25) is 0 Å². The van der Waals surface area contributed by atoms with Crippen LogP contribution in [0.25, 0.3) is 0 Å². The Morgan fingerprint density at radius 1 is 1.10 bits per heavy atom. The summed E-state index contributed by atoms with van der Waals surface area (Å²) in [6, 6.07) is 14.1. The van der Waals surface area contributed by atoms with Crippen LogP contribution in [0, 0.1) is 20.8 Å². The second-order valence-corrected chi connectivity index (χ2v) is 8.86. The molecular weight excluding hydrogens is 491 g/mol. The molecule has 30 heavy (non-hydrogen) atoms. The lowest BCUT2D eigenvalue weighted by atomic mass is 9.70. The van der Waals surface area contributed by atoms with Gasteiger partial charge in [0.15, 0.2) is 11.5 Å². The summed E-state index contributed by atoms with van der Waals surface area (Å²) in [6.07, 6.45) is 2.56. The van der Waals surface area contributed by atoms with E-state index in [0.29, 0.717) is 17.2 Å². The molecule has 6 heteroatoms. The summed E-state index contributed by atoms with van der Waals surface area (Å²) >= 11 is 2.14. The largest absolute Gasteiger partial charge is 0.507 e. The molecule has 0 saturated heterocycles. The number of nitrogens with one attached hydrogen (secondary N) is 1. The minimum absolute atomic E-state index is 0.166. The Morgan fingerprint density at radius 3 is 2.43 bits per heavy atom. The fraction of sp³-hybridized carbons (Fsp3) is 0.458. The topological polar surface area (TPSA) is 74.5 Å². The first-order chi connectivity index (χ1) is 14.4. The summed E-state index contributed by atoms with van der Waals surface area (Å²) in [5.41, 5.74) is 1.59. The van der Waals surface area contributed by atoms with E-state index in [2.05, 4.69) is 47.8 Å². The average Bonchev–Trinajstić information content (AvgIpc) is 2.75. The van der Waals surface area contributed by atoms with Gasteiger partial charge >= 0.3 is 0 Å². The van der Waals surface area contributed by atoms with Gasteiger partial charge in [-0.3, -0.25) is 0 Å². The molecule has 2 rings (SSSR count). The molecule has 0 bridgehead atoms. The third-order valence-electron chi connectivity index (χ3n) is 5.61. The van der Waals surface area contributed by atoms with E-state index < -0.39 is 5.41 Å². The second kappa shape index (κ2) is 11.4.